The number of anilines is 1. The number of fused-ring (bicyclic) bond motifs is 1. The number of carbonyl (C=O) groups excluding carboxylic acids is 1. The Morgan fingerprint density at radius 3 is 2.51 bits per heavy atom. The van der Waals surface area contributed by atoms with Crippen molar-refractivity contribution in [3.63, 3.8) is 0 Å². The largest absolute Gasteiger partial charge is 0.325 e. The molecule has 0 saturated heterocycles. The normalized spacial score (nSPS) is 31.1. The van der Waals surface area contributed by atoms with Gasteiger partial charge in [-0.2, -0.15) is 0 Å². The van der Waals surface area contributed by atoms with E-state index in [2.05, 4.69) is 24.1 Å². The average Bonchev–Trinajstić information content (AvgIpc) is 2.77. The van der Waals surface area contributed by atoms with Crippen molar-refractivity contribution in [2.75, 3.05) is 5.32 Å². The van der Waals surface area contributed by atoms with E-state index >= 15 is 0 Å². The number of nitrogens with zero attached hydrogens (tertiary/aromatic N) is 2. The molecule has 4 bridgehead atoms. The number of aryl methyl sites for hydroxylation is 2. The summed E-state index contributed by atoms with van der Waals surface area (Å²) >= 11 is 0. The molecule has 2 atom stereocenters. The Morgan fingerprint density at radius 1 is 1.00 bits per heavy atom. The van der Waals surface area contributed by atoms with E-state index in [9.17, 15) is 9.59 Å². The highest BCUT2D eigenvalue weighted by atomic mass is 16.1. The minimum absolute atomic E-state index is 0.0311. The summed E-state index contributed by atoms with van der Waals surface area (Å²) in [6.45, 7) is 5.47. The van der Waals surface area contributed by atoms with Crippen molar-refractivity contribution < 1.29 is 4.79 Å². The van der Waals surface area contributed by atoms with Crippen LogP contribution in [0.15, 0.2) is 59.7 Å². The molecular weight excluding hydrogens is 434 g/mol. The summed E-state index contributed by atoms with van der Waals surface area (Å²) in [5, 5.41) is 4.64. The SMILES string of the molecule is CC12CC3CC(C)(C1)CC(CC(=O)Nc1cccc4c(=O)n(CCc5ccccn5)ccc14)(C3)C2. The van der Waals surface area contributed by atoms with Crippen molar-refractivity contribution in [3.05, 3.63) is 70.9 Å². The number of rotatable bonds is 6. The van der Waals surface area contributed by atoms with Crippen LogP contribution in [0.25, 0.3) is 10.8 Å². The molecule has 5 nitrogen and oxygen atoms in total. The van der Waals surface area contributed by atoms with Gasteiger partial charge < -0.3 is 9.88 Å². The molecule has 0 radical (unpaired) electrons. The van der Waals surface area contributed by atoms with Crippen molar-refractivity contribution in [3.8, 4) is 0 Å². The van der Waals surface area contributed by atoms with Crippen molar-refractivity contribution in [1.29, 1.82) is 0 Å². The van der Waals surface area contributed by atoms with Gasteiger partial charge in [-0.15, -0.1) is 0 Å². The molecule has 1 N–H and O–H groups in total. The third-order valence-corrected chi connectivity index (χ3v) is 8.90. The molecule has 0 spiro atoms. The van der Waals surface area contributed by atoms with Crippen LogP contribution in [0, 0.1) is 22.2 Å². The molecule has 35 heavy (non-hydrogen) atoms. The lowest BCUT2D eigenvalue weighted by atomic mass is 9.40. The van der Waals surface area contributed by atoms with Gasteiger partial charge in [0, 0.05) is 53.9 Å². The fourth-order valence-electron chi connectivity index (χ4n) is 8.80. The minimum Gasteiger partial charge on any atom is -0.325 e. The lowest BCUT2D eigenvalue weighted by Gasteiger charge is -2.65. The molecule has 3 aromatic rings. The first-order valence-electron chi connectivity index (χ1n) is 13.1. The summed E-state index contributed by atoms with van der Waals surface area (Å²) < 4.78 is 1.74. The first kappa shape index (κ1) is 22.5. The quantitative estimate of drug-likeness (QED) is 0.484. The first-order chi connectivity index (χ1) is 16.7. The molecule has 4 saturated carbocycles. The second-order valence-corrected chi connectivity index (χ2v) is 12.5. The molecule has 2 aromatic heterocycles. The van der Waals surface area contributed by atoms with Crippen LogP contribution < -0.4 is 10.9 Å². The number of benzene rings is 1. The molecule has 4 aliphatic carbocycles. The third-order valence-electron chi connectivity index (χ3n) is 8.90. The maximum absolute atomic E-state index is 13.4. The molecule has 7 rings (SSSR count). The monoisotopic (exact) mass is 469 g/mol. The summed E-state index contributed by atoms with van der Waals surface area (Å²) in [6.07, 6.45) is 12.4. The number of aromatic nitrogens is 2. The maximum atomic E-state index is 13.4. The van der Waals surface area contributed by atoms with E-state index < -0.39 is 0 Å². The minimum atomic E-state index is -0.0311. The topological polar surface area (TPSA) is 64.0 Å². The Balaban J connectivity index is 1.21. The van der Waals surface area contributed by atoms with Crippen LogP contribution in [-0.4, -0.2) is 15.5 Å². The number of amides is 1. The molecule has 4 aliphatic rings. The summed E-state index contributed by atoms with van der Waals surface area (Å²) in [5.74, 6) is 0.863. The molecule has 0 aliphatic heterocycles. The van der Waals surface area contributed by atoms with Gasteiger partial charge in [-0.25, -0.2) is 0 Å². The van der Waals surface area contributed by atoms with Crippen LogP contribution in [0.5, 0.6) is 0 Å². The molecule has 2 unspecified atom stereocenters. The highest BCUT2D eigenvalue weighted by molar-refractivity contribution is 6.02. The Bertz CT molecular complexity index is 1330. The van der Waals surface area contributed by atoms with Crippen LogP contribution in [0.4, 0.5) is 5.69 Å². The fourth-order valence-corrected chi connectivity index (χ4v) is 8.80. The lowest BCUT2D eigenvalue weighted by molar-refractivity contribution is -0.153. The predicted octanol–water partition coefficient (Wildman–Crippen LogP) is 5.96. The summed E-state index contributed by atoms with van der Waals surface area (Å²) in [7, 11) is 0. The highest BCUT2D eigenvalue weighted by Gasteiger charge is 2.60. The Morgan fingerprint density at radius 2 is 1.80 bits per heavy atom. The number of carbonyl (C=O) groups is 1. The van der Waals surface area contributed by atoms with E-state index in [1.165, 1.54) is 38.5 Å². The van der Waals surface area contributed by atoms with Crippen LogP contribution in [0.2, 0.25) is 0 Å². The van der Waals surface area contributed by atoms with Crippen molar-refractivity contribution in [2.45, 2.75) is 71.8 Å². The smallest absolute Gasteiger partial charge is 0.258 e. The van der Waals surface area contributed by atoms with Gasteiger partial charge in [0.25, 0.3) is 5.56 Å². The van der Waals surface area contributed by atoms with Gasteiger partial charge >= 0.3 is 0 Å². The molecule has 182 valence electrons. The van der Waals surface area contributed by atoms with Crippen LogP contribution in [-0.2, 0) is 17.8 Å². The molecule has 2 heterocycles. The first-order valence-corrected chi connectivity index (χ1v) is 13.1. The zero-order chi connectivity index (χ0) is 24.3. The number of nitrogens with one attached hydrogen (secondary N) is 1. The predicted molar refractivity (Wildman–Crippen MR) is 139 cm³/mol. The lowest BCUT2D eigenvalue weighted by Crippen LogP contribution is -2.55. The zero-order valence-electron chi connectivity index (χ0n) is 20.8. The van der Waals surface area contributed by atoms with Gasteiger partial charge in [0.15, 0.2) is 0 Å². The molecule has 1 amide bonds. The Labute approximate surface area is 207 Å². The second kappa shape index (κ2) is 8.04. The number of pyridine rings is 2. The standard InChI is InChI=1S/C30H35N3O2/c1-28-14-21-15-29(2,18-28)20-30(16-21,19-28)17-26(34)32-25-8-5-7-24-23(25)10-13-33(27(24)35)12-9-22-6-3-4-11-31-22/h3-8,10-11,13,21H,9,12,14-20H2,1-2H3,(H,32,34). The van der Waals surface area contributed by atoms with E-state index in [1.807, 2.05) is 48.7 Å². The van der Waals surface area contributed by atoms with Crippen LogP contribution >= 0.6 is 0 Å². The van der Waals surface area contributed by atoms with Gasteiger partial charge in [0.1, 0.15) is 0 Å². The van der Waals surface area contributed by atoms with Crippen LogP contribution in [0.3, 0.4) is 0 Å². The highest BCUT2D eigenvalue weighted by Crippen LogP contribution is 2.70. The summed E-state index contributed by atoms with van der Waals surface area (Å²) in [5.41, 5.74) is 2.60. The van der Waals surface area contributed by atoms with Gasteiger partial charge in [-0.3, -0.25) is 14.6 Å². The maximum Gasteiger partial charge on any atom is 0.258 e. The summed E-state index contributed by atoms with van der Waals surface area (Å²) in [4.78, 5) is 30.9. The van der Waals surface area contributed by atoms with Crippen molar-refractivity contribution in [1.82, 2.24) is 9.55 Å². The molecule has 1 aromatic carbocycles. The van der Waals surface area contributed by atoms with E-state index in [1.54, 1.807) is 10.8 Å². The van der Waals surface area contributed by atoms with E-state index in [0.29, 0.717) is 35.6 Å². The van der Waals surface area contributed by atoms with Crippen molar-refractivity contribution in [2.24, 2.45) is 22.2 Å². The van der Waals surface area contributed by atoms with E-state index in [4.69, 9.17) is 0 Å². The Kier molecular flexibility index (Phi) is 5.17. The van der Waals surface area contributed by atoms with Gasteiger partial charge in [0.2, 0.25) is 5.91 Å². The van der Waals surface area contributed by atoms with Crippen LogP contribution in [0.1, 0.15) is 64.5 Å². The number of hydrogen-bond acceptors (Lipinski definition) is 3. The van der Waals surface area contributed by atoms with Gasteiger partial charge in [0.05, 0.1) is 0 Å². The zero-order valence-corrected chi connectivity index (χ0v) is 20.8. The third kappa shape index (κ3) is 4.19. The van der Waals surface area contributed by atoms with Crippen molar-refractivity contribution >= 4 is 22.4 Å². The second-order valence-electron chi connectivity index (χ2n) is 12.5. The Hall–Kier alpha value is -2.95. The average molecular weight is 470 g/mol. The van der Waals surface area contributed by atoms with Gasteiger partial charge in [-0.05, 0) is 91.0 Å². The molecule has 4 fully saturated rings. The van der Waals surface area contributed by atoms with E-state index in [-0.39, 0.29) is 16.9 Å². The van der Waals surface area contributed by atoms with E-state index in [0.717, 1.165) is 22.7 Å². The number of hydrogen-bond donors (Lipinski definition) is 1. The summed E-state index contributed by atoms with van der Waals surface area (Å²) in [6, 6.07) is 13.4. The molecule has 5 heteroatoms. The molecular formula is C30H35N3O2. The fraction of sp³-hybridized carbons (Fsp3) is 0.500. The van der Waals surface area contributed by atoms with Gasteiger partial charge in [-0.1, -0.05) is 26.0 Å².